The number of rotatable bonds is 4. The number of benzene rings is 1. The van der Waals surface area contributed by atoms with Crippen LogP contribution in [0.1, 0.15) is 13.8 Å². The van der Waals surface area contributed by atoms with Crippen molar-refractivity contribution >= 4 is 5.97 Å². The van der Waals surface area contributed by atoms with Crippen molar-refractivity contribution in [3.63, 3.8) is 0 Å². The molecule has 0 heterocycles. The first-order chi connectivity index (χ1) is 7.54. The molecular weight excluding hydrogens is 218 g/mol. The van der Waals surface area contributed by atoms with Gasteiger partial charge in [-0.1, -0.05) is 0 Å². The molecule has 0 aliphatic carbocycles. The Balaban J connectivity index is 2.66. The van der Waals surface area contributed by atoms with Gasteiger partial charge in [-0.3, -0.25) is 0 Å². The predicted molar refractivity (Wildman–Crippen MR) is 53.1 cm³/mol. The van der Waals surface area contributed by atoms with Crippen molar-refractivity contribution in [3.05, 3.63) is 29.8 Å². The largest absolute Gasteiger partial charge is 0.479 e. The Morgan fingerprint density at radius 3 is 2.62 bits per heavy atom. The number of carbonyl (C=O) groups excluding carboxylic acids is 1. The highest BCUT2D eigenvalue weighted by Crippen LogP contribution is 2.16. The smallest absolute Gasteiger partial charge is 0.347 e. The second-order valence-corrected chi connectivity index (χ2v) is 3.09. The minimum atomic E-state index is -1.02. The minimum Gasteiger partial charge on any atom is -0.479 e. The molecule has 0 N–H and O–H groups in total. The second-order valence-electron chi connectivity index (χ2n) is 3.09. The van der Waals surface area contributed by atoms with Gasteiger partial charge in [-0.15, -0.1) is 0 Å². The first-order valence-corrected chi connectivity index (χ1v) is 4.83. The molecule has 0 aromatic heterocycles. The molecule has 0 spiro atoms. The van der Waals surface area contributed by atoms with Crippen LogP contribution in [0.4, 0.5) is 8.78 Å². The lowest BCUT2D eigenvalue weighted by Crippen LogP contribution is -2.26. The van der Waals surface area contributed by atoms with Crippen molar-refractivity contribution in [1.82, 2.24) is 0 Å². The van der Waals surface area contributed by atoms with E-state index in [-0.39, 0.29) is 12.4 Å². The molecule has 1 rings (SSSR count). The molecule has 1 aromatic carbocycles. The van der Waals surface area contributed by atoms with Crippen molar-refractivity contribution in [2.24, 2.45) is 0 Å². The van der Waals surface area contributed by atoms with Gasteiger partial charge in [-0.2, -0.15) is 0 Å². The van der Waals surface area contributed by atoms with E-state index in [9.17, 15) is 13.6 Å². The Morgan fingerprint density at radius 1 is 1.38 bits per heavy atom. The fourth-order valence-corrected chi connectivity index (χ4v) is 1.06. The summed E-state index contributed by atoms with van der Waals surface area (Å²) in [7, 11) is 0. The number of carbonyl (C=O) groups is 1. The van der Waals surface area contributed by atoms with E-state index < -0.39 is 23.7 Å². The van der Waals surface area contributed by atoms with Crippen LogP contribution in [0.3, 0.4) is 0 Å². The predicted octanol–water partition coefficient (Wildman–Crippen LogP) is 2.30. The molecule has 0 unspecified atom stereocenters. The molecule has 16 heavy (non-hydrogen) atoms. The highest BCUT2D eigenvalue weighted by atomic mass is 19.2. The fourth-order valence-electron chi connectivity index (χ4n) is 1.06. The molecule has 1 atom stereocenters. The number of ether oxygens (including phenoxy) is 2. The van der Waals surface area contributed by atoms with Crippen molar-refractivity contribution in [2.45, 2.75) is 20.0 Å². The molecule has 0 saturated heterocycles. The molecular formula is C11H12F2O3. The molecule has 0 saturated carbocycles. The maximum absolute atomic E-state index is 12.8. The van der Waals surface area contributed by atoms with Gasteiger partial charge in [0.25, 0.3) is 0 Å². The van der Waals surface area contributed by atoms with Crippen molar-refractivity contribution in [3.8, 4) is 5.75 Å². The lowest BCUT2D eigenvalue weighted by atomic mass is 10.3. The summed E-state index contributed by atoms with van der Waals surface area (Å²) in [6, 6.07) is 3.06. The Kier molecular flexibility index (Phi) is 4.22. The summed E-state index contributed by atoms with van der Waals surface area (Å²) in [5.41, 5.74) is 0. The average Bonchev–Trinajstić information content (AvgIpc) is 2.24. The summed E-state index contributed by atoms with van der Waals surface area (Å²) in [4.78, 5) is 11.2. The topological polar surface area (TPSA) is 35.5 Å². The van der Waals surface area contributed by atoms with E-state index in [1.807, 2.05) is 0 Å². The lowest BCUT2D eigenvalue weighted by molar-refractivity contribution is -0.150. The molecule has 0 fully saturated rings. The highest BCUT2D eigenvalue weighted by molar-refractivity contribution is 5.74. The number of hydrogen-bond acceptors (Lipinski definition) is 3. The van der Waals surface area contributed by atoms with Crippen molar-refractivity contribution in [1.29, 1.82) is 0 Å². The molecule has 0 aliphatic rings. The van der Waals surface area contributed by atoms with E-state index in [1.165, 1.54) is 13.0 Å². The van der Waals surface area contributed by atoms with E-state index in [2.05, 4.69) is 0 Å². The standard InChI is InChI=1S/C11H12F2O3/c1-3-15-11(14)7(2)16-8-4-5-9(12)10(13)6-8/h4-7H,3H2,1-2H3/t7-/m0/s1. The summed E-state index contributed by atoms with van der Waals surface area (Å²) in [5, 5.41) is 0. The average molecular weight is 230 g/mol. The van der Waals surface area contributed by atoms with Gasteiger partial charge in [-0.25, -0.2) is 13.6 Å². The maximum atomic E-state index is 12.8. The van der Waals surface area contributed by atoms with Crippen LogP contribution < -0.4 is 4.74 Å². The fraction of sp³-hybridized carbons (Fsp3) is 0.364. The van der Waals surface area contributed by atoms with Crippen LogP contribution in [0.15, 0.2) is 18.2 Å². The zero-order chi connectivity index (χ0) is 12.1. The lowest BCUT2D eigenvalue weighted by Gasteiger charge is -2.13. The normalized spacial score (nSPS) is 12.0. The SMILES string of the molecule is CCOC(=O)[C@H](C)Oc1ccc(F)c(F)c1. The second kappa shape index (κ2) is 5.44. The Morgan fingerprint density at radius 2 is 2.06 bits per heavy atom. The quantitative estimate of drug-likeness (QED) is 0.744. The molecule has 5 heteroatoms. The minimum absolute atomic E-state index is 0.0828. The molecule has 1 aromatic rings. The van der Waals surface area contributed by atoms with Gasteiger partial charge in [-0.05, 0) is 26.0 Å². The zero-order valence-electron chi connectivity index (χ0n) is 9.00. The third-order valence-electron chi connectivity index (χ3n) is 1.82. The van der Waals surface area contributed by atoms with Gasteiger partial charge in [0.2, 0.25) is 0 Å². The first kappa shape index (κ1) is 12.4. The van der Waals surface area contributed by atoms with Gasteiger partial charge in [0.15, 0.2) is 17.7 Å². The van der Waals surface area contributed by atoms with Crippen LogP contribution in [-0.4, -0.2) is 18.7 Å². The first-order valence-electron chi connectivity index (χ1n) is 4.83. The molecule has 0 amide bonds. The third kappa shape index (κ3) is 3.18. The van der Waals surface area contributed by atoms with Gasteiger partial charge < -0.3 is 9.47 Å². The summed E-state index contributed by atoms with van der Waals surface area (Å²) in [5.74, 6) is -2.45. The number of hydrogen-bond donors (Lipinski definition) is 0. The van der Waals surface area contributed by atoms with Crippen LogP contribution in [-0.2, 0) is 9.53 Å². The molecule has 0 radical (unpaired) electrons. The van der Waals surface area contributed by atoms with Crippen LogP contribution in [0, 0.1) is 11.6 Å². The molecule has 3 nitrogen and oxygen atoms in total. The van der Waals surface area contributed by atoms with E-state index in [0.29, 0.717) is 0 Å². The van der Waals surface area contributed by atoms with Crippen LogP contribution in [0.25, 0.3) is 0 Å². The summed E-state index contributed by atoms with van der Waals surface area (Å²) in [6.45, 7) is 3.38. The van der Waals surface area contributed by atoms with Crippen molar-refractivity contribution < 1.29 is 23.0 Å². The van der Waals surface area contributed by atoms with Crippen LogP contribution in [0.5, 0.6) is 5.75 Å². The Hall–Kier alpha value is -1.65. The van der Waals surface area contributed by atoms with Gasteiger partial charge in [0, 0.05) is 6.07 Å². The number of halogens is 2. The molecule has 88 valence electrons. The zero-order valence-corrected chi connectivity index (χ0v) is 9.00. The van der Waals surface area contributed by atoms with E-state index in [1.54, 1.807) is 6.92 Å². The molecule has 0 bridgehead atoms. The molecule has 0 aliphatic heterocycles. The van der Waals surface area contributed by atoms with Crippen LogP contribution >= 0.6 is 0 Å². The van der Waals surface area contributed by atoms with E-state index >= 15 is 0 Å². The monoisotopic (exact) mass is 230 g/mol. The highest BCUT2D eigenvalue weighted by Gasteiger charge is 2.16. The Bertz CT molecular complexity index is 379. The maximum Gasteiger partial charge on any atom is 0.347 e. The summed E-state index contributed by atoms with van der Waals surface area (Å²) < 4.78 is 35.2. The van der Waals surface area contributed by atoms with Gasteiger partial charge in [0.05, 0.1) is 6.61 Å². The van der Waals surface area contributed by atoms with E-state index in [0.717, 1.165) is 12.1 Å². The van der Waals surface area contributed by atoms with Crippen LogP contribution in [0.2, 0.25) is 0 Å². The van der Waals surface area contributed by atoms with E-state index in [4.69, 9.17) is 9.47 Å². The van der Waals surface area contributed by atoms with Gasteiger partial charge in [0.1, 0.15) is 5.75 Å². The third-order valence-corrected chi connectivity index (χ3v) is 1.82. The Labute approximate surface area is 92.0 Å². The number of esters is 1. The van der Waals surface area contributed by atoms with Gasteiger partial charge >= 0.3 is 5.97 Å². The van der Waals surface area contributed by atoms with Crippen molar-refractivity contribution in [2.75, 3.05) is 6.61 Å². The summed E-state index contributed by atoms with van der Waals surface area (Å²) >= 11 is 0. The summed E-state index contributed by atoms with van der Waals surface area (Å²) in [6.07, 6.45) is -0.857.